The Bertz CT molecular complexity index is 726. The number of rotatable bonds is 7. The van der Waals surface area contributed by atoms with E-state index >= 15 is 0 Å². The Hall–Kier alpha value is -2.82. The molecule has 0 aliphatic heterocycles. The molecule has 0 aliphatic carbocycles. The van der Waals surface area contributed by atoms with Gasteiger partial charge in [-0.3, -0.25) is 9.59 Å². The highest BCUT2D eigenvalue weighted by Gasteiger charge is 2.17. The summed E-state index contributed by atoms with van der Waals surface area (Å²) in [4.78, 5) is 26.2. The van der Waals surface area contributed by atoms with Crippen LogP contribution < -0.4 is 15.0 Å². The average molecular weight is 340 g/mol. The van der Waals surface area contributed by atoms with Crippen molar-refractivity contribution in [2.75, 3.05) is 23.4 Å². The molecule has 0 atom stereocenters. The average Bonchev–Trinajstić information content (AvgIpc) is 2.57. The number of carbonyl (C=O) groups excluding carboxylic acids is 2. The largest absolute Gasteiger partial charge is 0.494 e. The number of nitrogens with zero attached hydrogens (tertiary/aromatic N) is 1. The monoisotopic (exact) mass is 340 g/mol. The molecule has 132 valence electrons. The summed E-state index contributed by atoms with van der Waals surface area (Å²) < 4.78 is 5.36. The summed E-state index contributed by atoms with van der Waals surface area (Å²) in [6.07, 6.45) is -0.199. The summed E-state index contributed by atoms with van der Waals surface area (Å²) >= 11 is 0. The lowest BCUT2D eigenvalue weighted by Gasteiger charge is -2.21. The smallest absolute Gasteiger partial charge is 0.236 e. The van der Waals surface area contributed by atoms with E-state index in [4.69, 9.17) is 4.74 Å². The van der Waals surface area contributed by atoms with E-state index in [1.54, 1.807) is 29.2 Å². The fraction of sp³-hybridized carbons (Fsp3) is 0.300. The van der Waals surface area contributed by atoms with E-state index in [9.17, 15) is 9.59 Å². The standard InChI is InChI=1S/C20H24N2O3/c1-4-22(17-8-6-7-15(3)13-17)20(24)14-19(23)21-16-9-11-18(12-10-16)25-5-2/h6-13H,4-5,14H2,1-3H3,(H,21,23). The summed E-state index contributed by atoms with van der Waals surface area (Å²) in [5, 5.41) is 2.74. The van der Waals surface area contributed by atoms with Gasteiger partial charge in [0.25, 0.3) is 0 Å². The number of ether oxygens (including phenoxy) is 1. The van der Waals surface area contributed by atoms with Crippen molar-refractivity contribution in [3.8, 4) is 5.75 Å². The van der Waals surface area contributed by atoms with E-state index in [-0.39, 0.29) is 18.2 Å². The van der Waals surface area contributed by atoms with Gasteiger partial charge in [0.15, 0.2) is 0 Å². The summed E-state index contributed by atoms with van der Waals surface area (Å²) in [7, 11) is 0. The van der Waals surface area contributed by atoms with Gasteiger partial charge in [0.05, 0.1) is 6.61 Å². The van der Waals surface area contributed by atoms with Crippen molar-refractivity contribution < 1.29 is 14.3 Å². The number of carbonyl (C=O) groups is 2. The molecule has 0 saturated heterocycles. The van der Waals surface area contributed by atoms with Crippen LogP contribution in [-0.4, -0.2) is 25.0 Å². The van der Waals surface area contributed by atoms with E-state index in [1.807, 2.05) is 45.0 Å². The quantitative estimate of drug-likeness (QED) is 0.781. The van der Waals surface area contributed by atoms with Crippen LogP contribution in [0.2, 0.25) is 0 Å². The van der Waals surface area contributed by atoms with Crippen molar-refractivity contribution in [1.29, 1.82) is 0 Å². The van der Waals surface area contributed by atoms with Gasteiger partial charge in [-0.05, 0) is 62.7 Å². The van der Waals surface area contributed by atoms with E-state index in [2.05, 4.69) is 5.32 Å². The van der Waals surface area contributed by atoms with Gasteiger partial charge in [0, 0.05) is 17.9 Å². The lowest BCUT2D eigenvalue weighted by Crippen LogP contribution is -2.33. The molecule has 5 heteroatoms. The Morgan fingerprint density at radius 3 is 2.40 bits per heavy atom. The Kier molecular flexibility index (Phi) is 6.57. The van der Waals surface area contributed by atoms with Crippen LogP contribution in [0.3, 0.4) is 0 Å². The second-order valence-electron chi connectivity index (χ2n) is 5.66. The Labute approximate surface area is 148 Å². The zero-order chi connectivity index (χ0) is 18.2. The number of aryl methyl sites for hydroxylation is 1. The van der Waals surface area contributed by atoms with Gasteiger partial charge in [0.1, 0.15) is 12.2 Å². The molecule has 0 aliphatic rings. The second kappa shape index (κ2) is 8.87. The first kappa shape index (κ1) is 18.5. The zero-order valence-electron chi connectivity index (χ0n) is 14.9. The van der Waals surface area contributed by atoms with Gasteiger partial charge >= 0.3 is 0 Å². The summed E-state index contributed by atoms with van der Waals surface area (Å²) in [5.41, 5.74) is 2.52. The highest BCUT2D eigenvalue weighted by molar-refractivity contribution is 6.09. The highest BCUT2D eigenvalue weighted by Crippen LogP contribution is 2.18. The summed E-state index contributed by atoms with van der Waals surface area (Å²) in [6.45, 7) is 6.88. The van der Waals surface area contributed by atoms with Gasteiger partial charge in [-0.1, -0.05) is 12.1 Å². The van der Waals surface area contributed by atoms with Crippen molar-refractivity contribution in [1.82, 2.24) is 0 Å². The van der Waals surface area contributed by atoms with E-state index in [1.165, 1.54) is 0 Å². The van der Waals surface area contributed by atoms with E-state index in [0.29, 0.717) is 18.8 Å². The van der Waals surface area contributed by atoms with Crippen LogP contribution >= 0.6 is 0 Å². The molecular formula is C20H24N2O3. The molecule has 2 aromatic carbocycles. The van der Waals surface area contributed by atoms with Crippen LogP contribution in [-0.2, 0) is 9.59 Å². The van der Waals surface area contributed by atoms with Crippen LogP contribution in [0.25, 0.3) is 0 Å². The maximum atomic E-state index is 12.5. The molecular weight excluding hydrogens is 316 g/mol. The lowest BCUT2D eigenvalue weighted by molar-refractivity contribution is -0.125. The topological polar surface area (TPSA) is 58.6 Å². The Balaban J connectivity index is 1.97. The van der Waals surface area contributed by atoms with Crippen molar-refractivity contribution >= 4 is 23.2 Å². The number of hydrogen-bond acceptors (Lipinski definition) is 3. The van der Waals surface area contributed by atoms with Crippen molar-refractivity contribution in [2.24, 2.45) is 0 Å². The first-order chi connectivity index (χ1) is 12.0. The van der Waals surface area contributed by atoms with E-state index < -0.39 is 0 Å². The molecule has 2 amide bonds. The molecule has 0 saturated carbocycles. The first-order valence-electron chi connectivity index (χ1n) is 8.43. The molecule has 2 rings (SSSR count). The predicted molar refractivity (Wildman–Crippen MR) is 100 cm³/mol. The number of amides is 2. The normalized spacial score (nSPS) is 10.2. The Morgan fingerprint density at radius 2 is 1.80 bits per heavy atom. The second-order valence-corrected chi connectivity index (χ2v) is 5.66. The molecule has 0 spiro atoms. The number of anilines is 2. The molecule has 0 aromatic heterocycles. The van der Waals surface area contributed by atoms with Crippen molar-refractivity contribution in [2.45, 2.75) is 27.2 Å². The zero-order valence-corrected chi connectivity index (χ0v) is 14.9. The minimum atomic E-state index is -0.333. The molecule has 25 heavy (non-hydrogen) atoms. The minimum absolute atomic E-state index is 0.199. The fourth-order valence-corrected chi connectivity index (χ4v) is 2.54. The highest BCUT2D eigenvalue weighted by atomic mass is 16.5. The van der Waals surface area contributed by atoms with Crippen LogP contribution in [0, 0.1) is 6.92 Å². The fourth-order valence-electron chi connectivity index (χ4n) is 2.54. The van der Waals surface area contributed by atoms with Gasteiger partial charge in [-0.2, -0.15) is 0 Å². The Morgan fingerprint density at radius 1 is 1.08 bits per heavy atom. The van der Waals surface area contributed by atoms with Gasteiger partial charge in [-0.15, -0.1) is 0 Å². The third-order valence-corrected chi connectivity index (χ3v) is 3.69. The first-order valence-corrected chi connectivity index (χ1v) is 8.43. The van der Waals surface area contributed by atoms with Crippen LogP contribution in [0.4, 0.5) is 11.4 Å². The van der Waals surface area contributed by atoms with Crippen molar-refractivity contribution in [3.63, 3.8) is 0 Å². The minimum Gasteiger partial charge on any atom is -0.494 e. The number of benzene rings is 2. The molecule has 0 unspecified atom stereocenters. The van der Waals surface area contributed by atoms with Crippen molar-refractivity contribution in [3.05, 3.63) is 54.1 Å². The van der Waals surface area contributed by atoms with Crippen LogP contribution in [0.1, 0.15) is 25.8 Å². The van der Waals surface area contributed by atoms with Gasteiger partial charge in [-0.25, -0.2) is 0 Å². The van der Waals surface area contributed by atoms with Crippen LogP contribution in [0.15, 0.2) is 48.5 Å². The number of hydrogen-bond donors (Lipinski definition) is 1. The summed E-state index contributed by atoms with van der Waals surface area (Å²) in [6, 6.07) is 14.8. The maximum absolute atomic E-state index is 12.5. The SMILES string of the molecule is CCOc1ccc(NC(=O)CC(=O)N(CC)c2cccc(C)c2)cc1. The summed E-state index contributed by atoms with van der Waals surface area (Å²) in [5.74, 6) is 0.185. The molecule has 0 radical (unpaired) electrons. The van der Waals surface area contributed by atoms with Crippen LogP contribution in [0.5, 0.6) is 5.75 Å². The third-order valence-electron chi connectivity index (χ3n) is 3.69. The maximum Gasteiger partial charge on any atom is 0.236 e. The lowest BCUT2D eigenvalue weighted by atomic mass is 10.2. The molecule has 1 N–H and O–H groups in total. The molecule has 0 bridgehead atoms. The molecule has 0 heterocycles. The molecule has 2 aromatic rings. The predicted octanol–water partition coefficient (Wildman–Crippen LogP) is 3.78. The van der Waals surface area contributed by atoms with Gasteiger partial charge in [0.2, 0.25) is 11.8 Å². The number of nitrogens with one attached hydrogen (secondary N) is 1. The third kappa shape index (κ3) is 5.35. The van der Waals surface area contributed by atoms with E-state index in [0.717, 1.165) is 17.0 Å². The molecule has 0 fully saturated rings. The van der Waals surface area contributed by atoms with Gasteiger partial charge < -0.3 is 15.0 Å². The molecule has 5 nitrogen and oxygen atoms in total.